The molecule has 0 fully saturated rings. The molecule has 5 heteroatoms. The summed E-state index contributed by atoms with van der Waals surface area (Å²) in [7, 11) is 0. The van der Waals surface area contributed by atoms with Gasteiger partial charge >= 0.3 is 0 Å². The van der Waals surface area contributed by atoms with Gasteiger partial charge in [0.2, 0.25) is 0 Å². The zero-order valence-electron chi connectivity index (χ0n) is 12.0. The van der Waals surface area contributed by atoms with Gasteiger partial charge < -0.3 is 0 Å². The number of aromatic amines is 1. The van der Waals surface area contributed by atoms with Gasteiger partial charge in [0.05, 0.1) is 10.0 Å². The van der Waals surface area contributed by atoms with Gasteiger partial charge in [0.15, 0.2) is 0 Å². The van der Waals surface area contributed by atoms with E-state index in [1.54, 1.807) is 12.1 Å². The van der Waals surface area contributed by atoms with Crippen LogP contribution in [0.3, 0.4) is 0 Å². The van der Waals surface area contributed by atoms with Crippen LogP contribution in [0.5, 0.6) is 0 Å². The lowest BCUT2D eigenvalue weighted by Gasteiger charge is -2.08. The van der Waals surface area contributed by atoms with Crippen LogP contribution in [-0.4, -0.2) is 0 Å². The number of rotatable bonds is 2. The molecular weight excluding hydrogens is 329 g/mol. The Kier molecular flexibility index (Phi) is 4.20. The molecule has 0 radical (unpaired) electrons. The molecule has 0 saturated carbocycles. The molecule has 0 saturated heterocycles. The van der Waals surface area contributed by atoms with E-state index in [4.69, 9.17) is 28.9 Å². The zero-order chi connectivity index (χ0) is 16.4. The fourth-order valence-corrected chi connectivity index (χ4v) is 2.69. The molecule has 0 spiro atoms. The molecule has 0 aliphatic heterocycles. The van der Waals surface area contributed by atoms with E-state index in [0.717, 1.165) is 22.4 Å². The minimum atomic E-state index is 0.315. The Labute approximate surface area is 143 Å². The Morgan fingerprint density at radius 2 is 1.65 bits per heavy atom. The van der Waals surface area contributed by atoms with Gasteiger partial charge in [-0.1, -0.05) is 53.5 Å². The van der Waals surface area contributed by atoms with Crippen LogP contribution < -0.4 is 10.7 Å². The van der Waals surface area contributed by atoms with Gasteiger partial charge in [-0.05, 0) is 29.8 Å². The van der Waals surface area contributed by atoms with Crippen molar-refractivity contribution in [2.75, 3.05) is 5.73 Å². The smallest absolute Gasteiger partial charge is 0.286 e. The second kappa shape index (κ2) is 6.29. The molecule has 3 nitrogen and oxygen atoms in total. The largest absolute Gasteiger partial charge is 0.289 e. The fourth-order valence-electron chi connectivity index (χ4n) is 2.39. The maximum absolute atomic E-state index is 9.41. The Hall–Kier alpha value is -2.54. The molecular formula is C18H12Cl2N3+. The van der Waals surface area contributed by atoms with Crippen LogP contribution in [0.15, 0.2) is 54.6 Å². The van der Waals surface area contributed by atoms with Crippen molar-refractivity contribution in [3.05, 3.63) is 70.2 Å². The molecule has 0 atom stereocenters. The summed E-state index contributed by atoms with van der Waals surface area (Å²) in [5.41, 5.74) is 9.75. The van der Waals surface area contributed by atoms with Crippen molar-refractivity contribution in [3.8, 4) is 28.5 Å². The number of hydrogen-bond donors (Lipinski definition) is 1. The molecule has 1 aromatic heterocycles. The van der Waals surface area contributed by atoms with Crippen molar-refractivity contribution < 1.29 is 4.98 Å². The Balaban J connectivity index is 2.23. The zero-order valence-corrected chi connectivity index (χ0v) is 13.5. The SMILES string of the molecule is N#Cc1c(-c2ccccc2)cc(-c2ccc(Cl)c(Cl)c2)[nH+]c1N. The topological polar surface area (TPSA) is 64.0 Å². The van der Waals surface area contributed by atoms with E-state index in [0.29, 0.717) is 21.4 Å². The highest BCUT2D eigenvalue weighted by atomic mass is 35.5. The maximum atomic E-state index is 9.41. The van der Waals surface area contributed by atoms with Gasteiger partial charge in [-0.15, -0.1) is 0 Å². The Bertz CT molecular complexity index is 916. The van der Waals surface area contributed by atoms with Gasteiger partial charge in [0, 0.05) is 11.1 Å². The van der Waals surface area contributed by atoms with Gasteiger partial charge in [0.25, 0.3) is 5.82 Å². The lowest BCUT2D eigenvalue weighted by Crippen LogP contribution is -2.16. The molecule has 0 amide bonds. The first kappa shape index (κ1) is 15.4. The van der Waals surface area contributed by atoms with Gasteiger partial charge in [-0.3, -0.25) is 5.73 Å². The highest BCUT2D eigenvalue weighted by Gasteiger charge is 2.17. The number of aromatic nitrogens is 1. The van der Waals surface area contributed by atoms with E-state index >= 15 is 0 Å². The predicted octanol–water partition coefficient (Wildman–Crippen LogP) is 4.60. The number of nitrogens with one attached hydrogen (secondary N) is 1. The van der Waals surface area contributed by atoms with Crippen molar-refractivity contribution in [2.45, 2.75) is 0 Å². The van der Waals surface area contributed by atoms with E-state index < -0.39 is 0 Å². The van der Waals surface area contributed by atoms with Crippen LogP contribution >= 0.6 is 23.2 Å². The number of nitriles is 1. The molecule has 23 heavy (non-hydrogen) atoms. The summed E-state index contributed by atoms with van der Waals surface area (Å²) in [6.07, 6.45) is 0. The molecule has 0 unspecified atom stereocenters. The standard InChI is InChI=1S/C18H11Cl2N3/c19-15-7-6-12(8-16(15)20)17-9-13(11-4-2-1-3-5-11)14(10-21)18(22)23-17/h1-9H,(H2,22,23)/p+1. The normalized spacial score (nSPS) is 10.3. The van der Waals surface area contributed by atoms with Crippen LogP contribution in [0, 0.1) is 11.3 Å². The highest BCUT2D eigenvalue weighted by Crippen LogP contribution is 2.31. The number of pyridine rings is 1. The molecule has 1 heterocycles. The van der Waals surface area contributed by atoms with E-state index in [2.05, 4.69) is 11.1 Å². The molecule has 3 N–H and O–H groups in total. The lowest BCUT2D eigenvalue weighted by molar-refractivity contribution is -0.346. The number of nitrogen functional groups attached to an aromatic ring is 1. The van der Waals surface area contributed by atoms with Crippen LogP contribution in [0.2, 0.25) is 10.0 Å². The van der Waals surface area contributed by atoms with Gasteiger partial charge in [-0.25, -0.2) is 4.98 Å². The van der Waals surface area contributed by atoms with E-state index in [1.165, 1.54) is 0 Å². The molecule has 2 aromatic carbocycles. The third-order valence-corrected chi connectivity index (χ3v) is 4.26. The number of halogens is 2. The number of nitrogens with zero attached hydrogens (tertiary/aromatic N) is 1. The minimum Gasteiger partial charge on any atom is -0.286 e. The number of hydrogen-bond acceptors (Lipinski definition) is 2. The maximum Gasteiger partial charge on any atom is 0.289 e. The average molecular weight is 341 g/mol. The number of benzene rings is 2. The van der Waals surface area contributed by atoms with Crippen LogP contribution in [0.25, 0.3) is 22.4 Å². The van der Waals surface area contributed by atoms with E-state index in [-0.39, 0.29) is 0 Å². The van der Waals surface area contributed by atoms with E-state index in [9.17, 15) is 5.26 Å². The summed E-state index contributed by atoms with van der Waals surface area (Å²) in [4.78, 5) is 3.05. The minimum absolute atomic E-state index is 0.315. The molecule has 3 aromatic rings. The second-order valence-corrected chi connectivity index (χ2v) is 5.81. The van der Waals surface area contributed by atoms with E-state index in [1.807, 2.05) is 42.5 Å². The molecule has 0 bridgehead atoms. The summed E-state index contributed by atoms with van der Waals surface area (Å²) in [5, 5.41) is 10.4. The Morgan fingerprint density at radius 1 is 0.913 bits per heavy atom. The summed E-state index contributed by atoms with van der Waals surface area (Å²) >= 11 is 12.1. The molecule has 0 aliphatic carbocycles. The lowest BCUT2D eigenvalue weighted by atomic mass is 9.98. The predicted molar refractivity (Wildman–Crippen MR) is 93.0 cm³/mol. The highest BCUT2D eigenvalue weighted by molar-refractivity contribution is 6.42. The summed E-state index contributed by atoms with van der Waals surface area (Å²) in [6.45, 7) is 0. The van der Waals surface area contributed by atoms with Crippen molar-refractivity contribution in [1.82, 2.24) is 0 Å². The van der Waals surface area contributed by atoms with Crippen LogP contribution in [0.1, 0.15) is 5.56 Å². The molecule has 112 valence electrons. The molecule has 0 aliphatic rings. The average Bonchev–Trinajstić information content (AvgIpc) is 2.57. The van der Waals surface area contributed by atoms with Crippen LogP contribution in [0.4, 0.5) is 5.82 Å². The van der Waals surface area contributed by atoms with Gasteiger partial charge in [0.1, 0.15) is 17.3 Å². The number of anilines is 1. The Morgan fingerprint density at radius 3 is 2.30 bits per heavy atom. The van der Waals surface area contributed by atoms with Crippen LogP contribution in [-0.2, 0) is 0 Å². The quantitative estimate of drug-likeness (QED) is 0.741. The van der Waals surface area contributed by atoms with Crippen molar-refractivity contribution in [1.29, 1.82) is 5.26 Å². The third-order valence-electron chi connectivity index (χ3n) is 3.52. The first-order valence-corrected chi connectivity index (χ1v) is 7.62. The summed E-state index contributed by atoms with van der Waals surface area (Å²) in [6, 6.07) is 19.0. The number of H-pyrrole nitrogens is 1. The van der Waals surface area contributed by atoms with Crippen molar-refractivity contribution in [3.63, 3.8) is 0 Å². The van der Waals surface area contributed by atoms with Crippen molar-refractivity contribution >= 4 is 29.0 Å². The third kappa shape index (κ3) is 3.00. The first-order chi connectivity index (χ1) is 11.1. The first-order valence-electron chi connectivity index (χ1n) is 6.87. The fraction of sp³-hybridized carbons (Fsp3) is 0. The van der Waals surface area contributed by atoms with Crippen molar-refractivity contribution in [2.24, 2.45) is 0 Å². The monoisotopic (exact) mass is 340 g/mol. The molecule has 3 rings (SSSR count). The summed E-state index contributed by atoms with van der Waals surface area (Å²) < 4.78 is 0. The summed E-state index contributed by atoms with van der Waals surface area (Å²) in [5.74, 6) is 0.315. The number of nitrogens with two attached hydrogens (primary N) is 1. The second-order valence-electron chi connectivity index (χ2n) is 4.99. The van der Waals surface area contributed by atoms with Gasteiger partial charge in [-0.2, -0.15) is 5.26 Å².